The number of quaternary nitrogens is 1. The number of halogens is 1. The van der Waals surface area contributed by atoms with Crippen molar-refractivity contribution < 1.29 is 19.3 Å². The minimum atomic E-state index is -1.09. The molecule has 2 aromatic rings. The number of rotatable bonds is 1. The van der Waals surface area contributed by atoms with Crippen LogP contribution in [0.1, 0.15) is 18.4 Å². The van der Waals surface area contributed by atoms with Crippen LogP contribution in [0, 0.1) is 11.8 Å². The molecule has 0 bridgehead atoms. The molecule has 3 amide bonds. The number of benzene rings is 2. The van der Waals surface area contributed by atoms with Gasteiger partial charge in [0, 0.05) is 18.4 Å². The second kappa shape index (κ2) is 5.68. The number of hydrogen-bond acceptors (Lipinski definition) is 3. The number of amides is 3. The van der Waals surface area contributed by atoms with E-state index in [1.165, 1.54) is 4.90 Å². The second-order valence-corrected chi connectivity index (χ2v) is 8.71. The molecule has 2 aromatic carbocycles. The lowest BCUT2D eigenvalue weighted by atomic mass is 9.75. The summed E-state index contributed by atoms with van der Waals surface area (Å²) in [5.74, 6) is -1.89. The monoisotopic (exact) mass is 408 g/mol. The molecular weight excluding hydrogens is 390 g/mol. The number of carbonyl (C=O) groups excluding carboxylic acids is 3. The highest BCUT2D eigenvalue weighted by Crippen LogP contribution is 2.53. The van der Waals surface area contributed by atoms with Gasteiger partial charge in [-0.3, -0.25) is 14.4 Å². The van der Waals surface area contributed by atoms with Gasteiger partial charge >= 0.3 is 0 Å². The predicted octanol–water partition coefficient (Wildman–Crippen LogP) is 1.35. The maximum Gasteiger partial charge on any atom is 0.291 e. The molecule has 1 unspecified atom stereocenters. The predicted molar refractivity (Wildman–Crippen MR) is 107 cm³/mol. The lowest BCUT2D eigenvalue weighted by molar-refractivity contribution is -0.948. The molecule has 0 aromatic heterocycles. The molecular formula is C22H19ClN3O3+. The molecule has 0 aliphatic carbocycles. The molecule has 6 nitrogen and oxygen atoms in total. The van der Waals surface area contributed by atoms with Crippen LogP contribution in [0.4, 0.5) is 11.4 Å². The summed E-state index contributed by atoms with van der Waals surface area (Å²) in [4.78, 5) is 43.1. The first-order valence-electron chi connectivity index (χ1n) is 9.96. The van der Waals surface area contributed by atoms with E-state index in [2.05, 4.69) is 5.32 Å². The van der Waals surface area contributed by atoms with E-state index in [1.54, 1.807) is 18.2 Å². The summed E-state index contributed by atoms with van der Waals surface area (Å²) in [6.07, 6.45) is 1.77. The molecule has 4 aliphatic heterocycles. The van der Waals surface area contributed by atoms with Crippen LogP contribution in [-0.2, 0) is 19.9 Å². The fraction of sp³-hybridized carbons (Fsp3) is 0.318. The number of anilines is 2. The molecule has 5 atom stereocenters. The van der Waals surface area contributed by atoms with E-state index < -0.39 is 17.4 Å². The van der Waals surface area contributed by atoms with Gasteiger partial charge in [-0.25, -0.2) is 4.90 Å². The lowest BCUT2D eigenvalue weighted by Crippen LogP contribution is -3.19. The van der Waals surface area contributed by atoms with Crippen molar-refractivity contribution in [2.75, 3.05) is 16.8 Å². The fourth-order valence-corrected chi connectivity index (χ4v) is 6.50. The van der Waals surface area contributed by atoms with Crippen LogP contribution in [0.25, 0.3) is 0 Å². The zero-order valence-electron chi connectivity index (χ0n) is 15.5. The Morgan fingerprint density at radius 3 is 2.62 bits per heavy atom. The third-order valence-electron chi connectivity index (χ3n) is 7.22. The van der Waals surface area contributed by atoms with E-state index >= 15 is 0 Å². The molecule has 2 N–H and O–H groups in total. The SMILES string of the molecule is O=C1[C@H]2[C@H]3CCC[NH+]3[C@@]3(C(=O)Nc4c(Cl)cccc43)[C@H]2C(=O)N1c1ccccc1. The number of para-hydroxylation sites is 2. The number of carbonyl (C=O) groups is 3. The summed E-state index contributed by atoms with van der Waals surface area (Å²) in [5, 5.41) is 3.40. The van der Waals surface area contributed by atoms with Crippen molar-refractivity contribution in [1.82, 2.24) is 0 Å². The lowest BCUT2D eigenvalue weighted by Gasteiger charge is -2.33. The van der Waals surface area contributed by atoms with Crippen molar-refractivity contribution >= 4 is 40.7 Å². The maximum absolute atomic E-state index is 13.7. The maximum atomic E-state index is 13.7. The van der Waals surface area contributed by atoms with Crippen molar-refractivity contribution in [2.45, 2.75) is 24.4 Å². The van der Waals surface area contributed by atoms with Crippen LogP contribution in [-0.4, -0.2) is 30.3 Å². The Kier molecular flexibility index (Phi) is 3.36. The summed E-state index contributed by atoms with van der Waals surface area (Å²) in [6, 6.07) is 14.4. The molecule has 146 valence electrons. The summed E-state index contributed by atoms with van der Waals surface area (Å²) in [6.45, 7) is 0.767. The van der Waals surface area contributed by atoms with Crippen LogP contribution >= 0.6 is 11.6 Å². The zero-order chi connectivity index (χ0) is 19.9. The summed E-state index contributed by atoms with van der Waals surface area (Å²) in [5.41, 5.74) is 0.802. The van der Waals surface area contributed by atoms with Crippen molar-refractivity contribution in [3.8, 4) is 0 Å². The first-order valence-corrected chi connectivity index (χ1v) is 10.3. The molecule has 4 heterocycles. The first kappa shape index (κ1) is 17.2. The normalized spacial score (nSPS) is 34.5. The Bertz CT molecular complexity index is 1090. The van der Waals surface area contributed by atoms with Gasteiger partial charge in [-0.1, -0.05) is 35.9 Å². The Morgan fingerprint density at radius 2 is 1.83 bits per heavy atom. The number of hydrogen-bond donors (Lipinski definition) is 2. The molecule has 29 heavy (non-hydrogen) atoms. The van der Waals surface area contributed by atoms with Crippen LogP contribution in [0.2, 0.25) is 5.02 Å². The third-order valence-corrected chi connectivity index (χ3v) is 7.53. The van der Waals surface area contributed by atoms with E-state index in [1.807, 2.05) is 30.3 Å². The minimum absolute atomic E-state index is 0.0409. The third kappa shape index (κ3) is 1.89. The van der Waals surface area contributed by atoms with Crippen molar-refractivity contribution in [1.29, 1.82) is 0 Å². The smallest absolute Gasteiger partial charge is 0.291 e. The van der Waals surface area contributed by atoms with Gasteiger partial charge in [0.05, 0.1) is 22.9 Å². The molecule has 7 heteroatoms. The number of nitrogens with zero attached hydrogens (tertiary/aromatic N) is 1. The summed E-state index contributed by atoms with van der Waals surface area (Å²) in [7, 11) is 0. The Hall–Kier alpha value is -2.70. The Balaban J connectivity index is 1.58. The first-order chi connectivity index (χ1) is 14.1. The molecule has 0 saturated carbocycles. The minimum Gasteiger partial charge on any atom is -0.318 e. The van der Waals surface area contributed by atoms with E-state index in [9.17, 15) is 14.4 Å². The summed E-state index contributed by atoms with van der Waals surface area (Å²) >= 11 is 6.39. The quantitative estimate of drug-likeness (QED) is 0.700. The van der Waals surface area contributed by atoms with Crippen molar-refractivity contribution in [3.63, 3.8) is 0 Å². The molecule has 3 saturated heterocycles. The zero-order valence-corrected chi connectivity index (χ0v) is 16.3. The van der Waals surface area contributed by atoms with Crippen LogP contribution in [0.15, 0.2) is 48.5 Å². The van der Waals surface area contributed by atoms with E-state index in [0.717, 1.165) is 29.8 Å². The standard InChI is InChI=1S/C22H18ClN3O3/c23-14-9-4-8-13-18(14)24-21(29)22(13)17-16(15-10-5-11-25(15)22)19(27)26(20(17)28)12-6-2-1-3-7-12/h1-4,6-9,15-17H,5,10-11H2,(H,24,29)/p+1/t15-,16+,17-,22-/m1/s1. The number of imide groups is 1. The molecule has 4 aliphatic rings. The van der Waals surface area contributed by atoms with E-state index in [-0.39, 0.29) is 23.8 Å². The summed E-state index contributed by atoms with van der Waals surface area (Å²) < 4.78 is 0. The van der Waals surface area contributed by atoms with Gasteiger partial charge in [-0.05, 0) is 24.3 Å². The topological polar surface area (TPSA) is 70.9 Å². The largest absolute Gasteiger partial charge is 0.318 e. The van der Waals surface area contributed by atoms with Crippen molar-refractivity contribution in [3.05, 3.63) is 59.1 Å². The van der Waals surface area contributed by atoms with Crippen LogP contribution in [0.3, 0.4) is 0 Å². The second-order valence-electron chi connectivity index (χ2n) is 8.30. The molecule has 3 fully saturated rings. The van der Waals surface area contributed by atoms with Gasteiger partial charge < -0.3 is 10.2 Å². The Morgan fingerprint density at radius 1 is 1.03 bits per heavy atom. The molecule has 0 radical (unpaired) electrons. The van der Waals surface area contributed by atoms with Gasteiger partial charge in [0.1, 0.15) is 17.9 Å². The average molecular weight is 409 g/mol. The van der Waals surface area contributed by atoms with Crippen LogP contribution < -0.4 is 15.1 Å². The molecule has 6 rings (SSSR count). The van der Waals surface area contributed by atoms with E-state index in [0.29, 0.717) is 16.4 Å². The Labute approximate surface area is 172 Å². The van der Waals surface area contributed by atoms with Crippen molar-refractivity contribution in [2.24, 2.45) is 11.8 Å². The highest BCUT2D eigenvalue weighted by atomic mass is 35.5. The van der Waals surface area contributed by atoms with Gasteiger partial charge in [0.2, 0.25) is 17.4 Å². The van der Waals surface area contributed by atoms with E-state index in [4.69, 9.17) is 11.6 Å². The average Bonchev–Trinajstić information content (AvgIpc) is 3.42. The number of nitrogens with one attached hydrogen (secondary N) is 2. The van der Waals surface area contributed by atoms with Gasteiger partial charge in [-0.15, -0.1) is 0 Å². The van der Waals surface area contributed by atoms with Gasteiger partial charge in [-0.2, -0.15) is 0 Å². The highest BCUT2D eigenvalue weighted by molar-refractivity contribution is 6.35. The fourth-order valence-electron chi connectivity index (χ4n) is 6.28. The van der Waals surface area contributed by atoms with Crippen LogP contribution in [0.5, 0.6) is 0 Å². The highest BCUT2D eigenvalue weighted by Gasteiger charge is 2.78. The van der Waals surface area contributed by atoms with Gasteiger partial charge in [0.25, 0.3) is 5.91 Å². The number of fused-ring (bicyclic) bond motifs is 7. The van der Waals surface area contributed by atoms with Gasteiger partial charge in [0.15, 0.2) is 0 Å². The molecule has 1 spiro atoms.